The topological polar surface area (TPSA) is 83.5 Å². The summed E-state index contributed by atoms with van der Waals surface area (Å²) in [5.41, 5.74) is -7.82. The number of benzene rings is 1. The van der Waals surface area contributed by atoms with E-state index in [0.29, 0.717) is 12.1 Å². The Hall–Kier alpha value is -1.84. The SMILES string of the molecule is O=C(O)c1c(F)cccc1NS(=O)(=O)C(F)(F)F. The van der Waals surface area contributed by atoms with Gasteiger partial charge in [0.15, 0.2) is 0 Å². The molecule has 5 nitrogen and oxygen atoms in total. The van der Waals surface area contributed by atoms with Crippen LogP contribution in [-0.4, -0.2) is 25.0 Å². The van der Waals surface area contributed by atoms with E-state index < -0.39 is 38.6 Å². The van der Waals surface area contributed by atoms with Crippen LogP contribution in [-0.2, 0) is 10.0 Å². The maximum Gasteiger partial charge on any atom is 0.516 e. The van der Waals surface area contributed by atoms with E-state index in [1.165, 1.54) is 0 Å². The van der Waals surface area contributed by atoms with Crippen LogP contribution in [0.2, 0.25) is 0 Å². The van der Waals surface area contributed by atoms with Gasteiger partial charge < -0.3 is 5.11 Å². The maximum absolute atomic E-state index is 13.1. The smallest absolute Gasteiger partial charge is 0.478 e. The number of rotatable bonds is 3. The number of sulfonamides is 1. The van der Waals surface area contributed by atoms with Crippen molar-refractivity contribution in [1.82, 2.24) is 0 Å². The maximum atomic E-state index is 13.1. The second-order valence-electron chi connectivity index (χ2n) is 3.02. The average molecular weight is 287 g/mol. The molecule has 0 amide bonds. The van der Waals surface area contributed by atoms with E-state index in [0.717, 1.165) is 10.8 Å². The van der Waals surface area contributed by atoms with Crippen LogP contribution in [0.3, 0.4) is 0 Å². The highest BCUT2D eigenvalue weighted by atomic mass is 32.2. The summed E-state index contributed by atoms with van der Waals surface area (Å²) in [7, 11) is -5.80. The fourth-order valence-corrected chi connectivity index (χ4v) is 1.60. The molecule has 0 atom stereocenters. The Morgan fingerprint density at radius 2 is 1.83 bits per heavy atom. The summed E-state index contributed by atoms with van der Waals surface area (Å²) in [6, 6.07) is 2.25. The number of carbonyl (C=O) groups is 1. The lowest BCUT2D eigenvalue weighted by Crippen LogP contribution is -2.30. The number of carboxylic acids is 1. The van der Waals surface area contributed by atoms with Gasteiger partial charge in [0.2, 0.25) is 0 Å². The first-order chi connectivity index (χ1) is 8.06. The molecule has 0 aromatic heterocycles. The predicted molar refractivity (Wildman–Crippen MR) is 52.0 cm³/mol. The molecule has 0 fully saturated rings. The third-order valence-corrected chi connectivity index (χ3v) is 2.87. The van der Waals surface area contributed by atoms with Crippen molar-refractivity contribution < 1.29 is 35.9 Å². The largest absolute Gasteiger partial charge is 0.516 e. The summed E-state index contributed by atoms with van der Waals surface area (Å²) in [4.78, 5) is 10.6. The van der Waals surface area contributed by atoms with Gasteiger partial charge in [0, 0.05) is 0 Å². The van der Waals surface area contributed by atoms with Gasteiger partial charge in [-0.2, -0.15) is 21.6 Å². The first-order valence-corrected chi connectivity index (χ1v) is 5.65. The van der Waals surface area contributed by atoms with Crippen LogP contribution in [0.25, 0.3) is 0 Å². The average Bonchev–Trinajstić information content (AvgIpc) is 2.14. The Kier molecular flexibility index (Phi) is 3.51. The van der Waals surface area contributed by atoms with Crippen molar-refractivity contribution in [3.63, 3.8) is 0 Å². The highest BCUT2D eigenvalue weighted by molar-refractivity contribution is 7.93. The number of hydrogen-bond donors (Lipinski definition) is 2. The lowest BCUT2D eigenvalue weighted by molar-refractivity contribution is -0.0429. The molecule has 1 aromatic rings. The standard InChI is InChI=1S/C8H5F4NO4S/c9-4-2-1-3-5(6(4)7(14)15)13-18(16,17)8(10,11)12/h1-3,13H,(H,14,15). The Balaban J connectivity index is 3.30. The van der Waals surface area contributed by atoms with Gasteiger partial charge in [-0.05, 0) is 12.1 Å². The number of aromatic carboxylic acids is 1. The van der Waals surface area contributed by atoms with E-state index in [-0.39, 0.29) is 0 Å². The minimum Gasteiger partial charge on any atom is -0.478 e. The zero-order valence-corrected chi connectivity index (χ0v) is 9.14. The van der Waals surface area contributed by atoms with Crippen molar-refractivity contribution in [2.45, 2.75) is 5.51 Å². The Morgan fingerprint density at radius 1 is 1.28 bits per heavy atom. The molecule has 10 heteroatoms. The molecule has 0 saturated heterocycles. The minimum absolute atomic E-state index is 0.675. The molecule has 0 saturated carbocycles. The molecule has 18 heavy (non-hydrogen) atoms. The van der Waals surface area contributed by atoms with Crippen LogP contribution in [0, 0.1) is 5.82 Å². The van der Waals surface area contributed by atoms with Gasteiger partial charge in [-0.25, -0.2) is 9.18 Å². The van der Waals surface area contributed by atoms with E-state index >= 15 is 0 Å². The van der Waals surface area contributed by atoms with Gasteiger partial charge in [-0.1, -0.05) is 6.07 Å². The number of anilines is 1. The fourth-order valence-electron chi connectivity index (χ4n) is 1.03. The summed E-state index contributed by atoms with van der Waals surface area (Å²) >= 11 is 0. The first-order valence-electron chi connectivity index (χ1n) is 4.17. The molecule has 0 aliphatic heterocycles. The lowest BCUT2D eigenvalue weighted by Gasteiger charge is -2.12. The number of alkyl halides is 3. The van der Waals surface area contributed by atoms with Gasteiger partial charge in [-0.3, -0.25) is 4.72 Å². The Bertz CT molecular complexity index is 581. The quantitative estimate of drug-likeness (QED) is 0.830. The molecular formula is C8H5F4NO4S. The van der Waals surface area contributed by atoms with Crippen molar-refractivity contribution in [3.05, 3.63) is 29.6 Å². The van der Waals surface area contributed by atoms with Crippen LogP contribution < -0.4 is 4.72 Å². The van der Waals surface area contributed by atoms with Crippen LogP contribution >= 0.6 is 0 Å². The molecule has 1 aromatic carbocycles. The summed E-state index contributed by atoms with van der Waals surface area (Å²) in [6.07, 6.45) is 0. The summed E-state index contributed by atoms with van der Waals surface area (Å²) < 4.78 is 71.7. The van der Waals surface area contributed by atoms with Crippen molar-refractivity contribution in [2.75, 3.05) is 4.72 Å². The number of hydrogen-bond acceptors (Lipinski definition) is 3. The predicted octanol–water partition coefficient (Wildman–Crippen LogP) is 1.79. The highest BCUT2D eigenvalue weighted by Crippen LogP contribution is 2.27. The van der Waals surface area contributed by atoms with Gasteiger partial charge in [-0.15, -0.1) is 0 Å². The fraction of sp³-hybridized carbons (Fsp3) is 0.125. The highest BCUT2D eigenvalue weighted by Gasteiger charge is 2.46. The van der Waals surface area contributed by atoms with Gasteiger partial charge in [0.25, 0.3) is 0 Å². The number of halogens is 4. The molecule has 0 heterocycles. The van der Waals surface area contributed by atoms with Gasteiger partial charge in [0.1, 0.15) is 11.4 Å². The van der Waals surface area contributed by atoms with E-state index in [2.05, 4.69) is 0 Å². The number of nitrogens with one attached hydrogen (secondary N) is 1. The molecule has 1 rings (SSSR count). The van der Waals surface area contributed by atoms with E-state index in [1.807, 2.05) is 0 Å². The van der Waals surface area contributed by atoms with Crippen LogP contribution in [0.15, 0.2) is 18.2 Å². The van der Waals surface area contributed by atoms with Crippen LogP contribution in [0.4, 0.5) is 23.2 Å². The Morgan fingerprint density at radius 3 is 2.28 bits per heavy atom. The summed E-state index contributed by atoms with van der Waals surface area (Å²) in [5.74, 6) is -3.25. The van der Waals surface area contributed by atoms with E-state index in [9.17, 15) is 30.8 Å². The van der Waals surface area contributed by atoms with Crippen molar-refractivity contribution in [2.24, 2.45) is 0 Å². The van der Waals surface area contributed by atoms with E-state index in [1.54, 1.807) is 0 Å². The molecule has 0 spiro atoms. The molecule has 0 radical (unpaired) electrons. The summed E-state index contributed by atoms with van der Waals surface area (Å²) in [5, 5.41) is 8.59. The molecule has 0 aliphatic carbocycles. The third kappa shape index (κ3) is 2.70. The van der Waals surface area contributed by atoms with Crippen LogP contribution in [0.1, 0.15) is 10.4 Å². The van der Waals surface area contributed by atoms with Crippen molar-refractivity contribution in [1.29, 1.82) is 0 Å². The van der Waals surface area contributed by atoms with Crippen molar-refractivity contribution in [3.8, 4) is 0 Å². The molecule has 0 aliphatic rings. The van der Waals surface area contributed by atoms with Gasteiger partial charge >= 0.3 is 21.5 Å². The van der Waals surface area contributed by atoms with Crippen LogP contribution in [0.5, 0.6) is 0 Å². The second-order valence-corrected chi connectivity index (χ2v) is 4.69. The molecule has 100 valence electrons. The first kappa shape index (κ1) is 14.2. The zero-order chi connectivity index (χ0) is 14.1. The minimum atomic E-state index is -5.80. The summed E-state index contributed by atoms with van der Waals surface area (Å²) in [6.45, 7) is 0. The lowest BCUT2D eigenvalue weighted by atomic mass is 10.2. The second kappa shape index (κ2) is 4.44. The molecule has 0 bridgehead atoms. The van der Waals surface area contributed by atoms with Crippen molar-refractivity contribution >= 4 is 21.7 Å². The van der Waals surface area contributed by atoms with Gasteiger partial charge in [0.05, 0.1) is 5.69 Å². The zero-order valence-electron chi connectivity index (χ0n) is 8.32. The monoisotopic (exact) mass is 287 g/mol. The van der Waals surface area contributed by atoms with E-state index in [4.69, 9.17) is 5.11 Å². The normalized spacial score (nSPS) is 12.2. The molecular weight excluding hydrogens is 282 g/mol. The molecule has 0 unspecified atom stereocenters. The third-order valence-electron chi connectivity index (χ3n) is 1.78. The number of carboxylic acid groups (broad SMARTS) is 1. The molecule has 2 N–H and O–H groups in total. The Labute approximate surface area is 98.1 Å².